The van der Waals surface area contributed by atoms with Gasteiger partial charge in [0, 0.05) is 30.2 Å². The largest absolute Gasteiger partial charge is 0.348 e. The van der Waals surface area contributed by atoms with E-state index in [0.29, 0.717) is 5.92 Å². The maximum Gasteiger partial charge on any atom is 0.224 e. The van der Waals surface area contributed by atoms with Crippen LogP contribution in [-0.4, -0.2) is 20.7 Å². The van der Waals surface area contributed by atoms with Crippen LogP contribution in [0.2, 0.25) is 0 Å². The van der Waals surface area contributed by atoms with Crippen molar-refractivity contribution in [3.05, 3.63) is 34.5 Å². The van der Waals surface area contributed by atoms with Crippen LogP contribution in [-0.2, 0) is 11.8 Å². The first-order chi connectivity index (χ1) is 9.15. The Bertz CT molecular complexity index is 577. The van der Waals surface area contributed by atoms with Gasteiger partial charge in [-0.05, 0) is 24.8 Å². The van der Waals surface area contributed by atoms with Gasteiger partial charge in [-0.15, -0.1) is 11.3 Å². The predicted octanol–water partition coefficient (Wildman–Crippen LogP) is 1.86. The fourth-order valence-electron chi connectivity index (χ4n) is 2.32. The Hall–Kier alpha value is -1.69. The fourth-order valence-corrected chi connectivity index (χ4v) is 2.94. The molecule has 19 heavy (non-hydrogen) atoms. The average Bonchev–Trinajstić information content (AvgIpc) is 2.81. The Morgan fingerprint density at radius 2 is 2.42 bits per heavy atom. The monoisotopic (exact) mass is 276 g/mol. The summed E-state index contributed by atoms with van der Waals surface area (Å²) < 4.78 is 1.78. The maximum atomic E-state index is 12.1. The van der Waals surface area contributed by atoms with Crippen LogP contribution >= 0.6 is 11.3 Å². The van der Waals surface area contributed by atoms with Crippen molar-refractivity contribution in [2.24, 2.45) is 13.0 Å². The molecule has 2 aromatic heterocycles. The second kappa shape index (κ2) is 4.77. The summed E-state index contributed by atoms with van der Waals surface area (Å²) in [6, 6.07) is 0.0372. The van der Waals surface area contributed by atoms with Crippen molar-refractivity contribution < 1.29 is 4.79 Å². The van der Waals surface area contributed by atoms with E-state index in [1.165, 1.54) is 0 Å². The lowest BCUT2D eigenvalue weighted by Gasteiger charge is -2.11. The van der Waals surface area contributed by atoms with E-state index in [-0.39, 0.29) is 17.9 Å². The Labute approximate surface area is 115 Å². The lowest BCUT2D eigenvalue weighted by atomic mass is 10.2. The Morgan fingerprint density at radius 1 is 1.58 bits per heavy atom. The molecule has 5 nitrogen and oxygen atoms in total. The Morgan fingerprint density at radius 3 is 3.05 bits per heavy atom. The smallest absolute Gasteiger partial charge is 0.224 e. The van der Waals surface area contributed by atoms with Crippen molar-refractivity contribution in [1.82, 2.24) is 20.1 Å². The Balaban J connectivity index is 1.58. The van der Waals surface area contributed by atoms with E-state index in [1.807, 2.05) is 26.4 Å². The standard InChI is InChI=1S/C13H16N4OS/c1-8(12-5-14-7-19-12)16-13(18)11-3-10(11)9-4-15-17(2)6-9/h4-8,10-11H,3H2,1-2H3,(H,16,18)/t8-,10-,11+/m0/s1. The molecule has 0 spiro atoms. The molecule has 3 rings (SSSR count). The third kappa shape index (κ3) is 2.53. The lowest BCUT2D eigenvalue weighted by molar-refractivity contribution is -0.123. The number of hydrogen-bond acceptors (Lipinski definition) is 4. The maximum absolute atomic E-state index is 12.1. The molecule has 0 unspecified atom stereocenters. The molecule has 0 aromatic carbocycles. The second-order valence-electron chi connectivity index (χ2n) is 5.03. The number of nitrogens with zero attached hydrogens (tertiary/aromatic N) is 3. The third-order valence-electron chi connectivity index (χ3n) is 3.52. The van der Waals surface area contributed by atoms with Crippen LogP contribution in [0.25, 0.3) is 0 Å². The molecule has 2 heterocycles. The molecular weight excluding hydrogens is 260 g/mol. The molecule has 0 aliphatic heterocycles. The summed E-state index contributed by atoms with van der Waals surface area (Å²) in [5.74, 6) is 0.566. The first-order valence-corrected chi connectivity index (χ1v) is 7.20. The van der Waals surface area contributed by atoms with Crippen molar-refractivity contribution in [2.75, 3.05) is 0 Å². The fraction of sp³-hybridized carbons (Fsp3) is 0.462. The summed E-state index contributed by atoms with van der Waals surface area (Å²) >= 11 is 1.57. The molecule has 0 bridgehead atoms. The van der Waals surface area contributed by atoms with Crippen LogP contribution in [0.1, 0.15) is 35.7 Å². The van der Waals surface area contributed by atoms with E-state index < -0.39 is 0 Å². The minimum Gasteiger partial charge on any atom is -0.348 e. The van der Waals surface area contributed by atoms with Gasteiger partial charge in [-0.1, -0.05) is 0 Å². The number of amides is 1. The zero-order valence-corrected chi connectivity index (χ0v) is 11.7. The highest BCUT2D eigenvalue weighted by molar-refractivity contribution is 7.09. The number of aromatic nitrogens is 3. The van der Waals surface area contributed by atoms with Crippen LogP contribution in [0.5, 0.6) is 0 Å². The highest BCUT2D eigenvalue weighted by atomic mass is 32.1. The molecule has 1 N–H and O–H groups in total. The molecule has 0 saturated heterocycles. The summed E-state index contributed by atoms with van der Waals surface area (Å²) in [6.45, 7) is 1.99. The van der Waals surface area contributed by atoms with E-state index >= 15 is 0 Å². The van der Waals surface area contributed by atoms with Crippen LogP contribution in [0.4, 0.5) is 0 Å². The van der Waals surface area contributed by atoms with Gasteiger partial charge in [0.15, 0.2) is 0 Å². The first kappa shape index (κ1) is 12.3. The third-order valence-corrected chi connectivity index (χ3v) is 4.48. The predicted molar refractivity (Wildman–Crippen MR) is 72.7 cm³/mol. The minimum absolute atomic E-state index is 0.0372. The van der Waals surface area contributed by atoms with Gasteiger partial charge in [-0.25, -0.2) is 0 Å². The topological polar surface area (TPSA) is 59.8 Å². The summed E-state index contributed by atoms with van der Waals surface area (Å²) in [7, 11) is 1.90. The molecule has 3 atom stereocenters. The van der Waals surface area contributed by atoms with Gasteiger partial charge < -0.3 is 5.32 Å². The molecular formula is C13H16N4OS. The van der Waals surface area contributed by atoms with Crippen LogP contribution in [0.15, 0.2) is 24.1 Å². The van der Waals surface area contributed by atoms with Gasteiger partial charge in [-0.3, -0.25) is 14.5 Å². The SMILES string of the molecule is C[C@H](NC(=O)[C@@H]1C[C@H]1c1cnn(C)c1)c1cncs1. The van der Waals surface area contributed by atoms with E-state index in [9.17, 15) is 4.79 Å². The normalized spacial score (nSPS) is 23.1. The summed E-state index contributed by atoms with van der Waals surface area (Å²) in [6.07, 6.45) is 6.57. The first-order valence-electron chi connectivity index (χ1n) is 6.32. The van der Waals surface area contributed by atoms with Crippen molar-refractivity contribution in [2.45, 2.75) is 25.3 Å². The van der Waals surface area contributed by atoms with Gasteiger partial charge in [0.2, 0.25) is 5.91 Å². The quantitative estimate of drug-likeness (QED) is 0.927. The van der Waals surface area contributed by atoms with E-state index in [2.05, 4.69) is 15.4 Å². The van der Waals surface area contributed by atoms with Gasteiger partial charge in [-0.2, -0.15) is 5.10 Å². The number of aryl methyl sites for hydroxylation is 1. The summed E-state index contributed by atoms with van der Waals surface area (Å²) in [5, 5.41) is 7.21. The van der Waals surface area contributed by atoms with Crippen molar-refractivity contribution in [3.8, 4) is 0 Å². The van der Waals surface area contributed by atoms with Crippen molar-refractivity contribution in [3.63, 3.8) is 0 Å². The van der Waals surface area contributed by atoms with Gasteiger partial charge >= 0.3 is 0 Å². The molecule has 100 valence electrons. The zero-order chi connectivity index (χ0) is 13.4. The molecule has 0 radical (unpaired) electrons. The number of hydrogen-bond donors (Lipinski definition) is 1. The van der Waals surface area contributed by atoms with Crippen LogP contribution in [0.3, 0.4) is 0 Å². The molecule has 1 amide bonds. The van der Waals surface area contributed by atoms with Crippen LogP contribution in [0, 0.1) is 5.92 Å². The number of nitrogens with one attached hydrogen (secondary N) is 1. The second-order valence-corrected chi connectivity index (χ2v) is 5.95. The summed E-state index contributed by atoms with van der Waals surface area (Å²) in [4.78, 5) is 17.3. The molecule has 6 heteroatoms. The summed E-state index contributed by atoms with van der Waals surface area (Å²) in [5.41, 5.74) is 2.95. The minimum atomic E-state index is 0.0372. The van der Waals surface area contributed by atoms with E-state index in [1.54, 1.807) is 27.7 Å². The number of carbonyl (C=O) groups is 1. The van der Waals surface area contributed by atoms with Crippen molar-refractivity contribution in [1.29, 1.82) is 0 Å². The molecule has 1 aliphatic rings. The van der Waals surface area contributed by atoms with Gasteiger partial charge in [0.1, 0.15) is 0 Å². The lowest BCUT2D eigenvalue weighted by Crippen LogP contribution is -2.27. The molecule has 1 aliphatic carbocycles. The number of thiazole rings is 1. The highest BCUT2D eigenvalue weighted by Gasteiger charge is 2.44. The zero-order valence-electron chi connectivity index (χ0n) is 10.9. The highest BCUT2D eigenvalue weighted by Crippen LogP contribution is 2.47. The van der Waals surface area contributed by atoms with Gasteiger partial charge in [0.05, 0.1) is 17.7 Å². The van der Waals surface area contributed by atoms with Crippen molar-refractivity contribution >= 4 is 17.2 Å². The average molecular weight is 276 g/mol. The Kier molecular flexibility index (Phi) is 3.10. The number of carbonyl (C=O) groups excluding carboxylic acids is 1. The molecule has 1 fully saturated rings. The van der Waals surface area contributed by atoms with E-state index in [0.717, 1.165) is 16.9 Å². The molecule has 1 saturated carbocycles. The van der Waals surface area contributed by atoms with E-state index in [4.69, 9.17) is 0 Å². The van der Waals surface area contributed by atoms with Gasteiger partial charge in [0.25, 0.3) is 0 Å². The van der Waals surface area contributed by atoms with Crippen LogP contribution < -0.4 is 5.32 Å². The number of rotatable bonds is 4. The molecule has 2 aromatic rings.